The molecule has 0 fully saturated rings. The van der Waals surface area contributed by atoms with E-state index in [9.17, 15) is 0 Å². The van der Waals surface area contributed by atoms with Crippen LogP contribution in [0.2, 0.25) is 0 Å². The molecule has 0 aliphatic carbocycles. The van der Waals surface area contributed by atoms with E-state index in [-0.39, 0.29) is 0 Å². The Labute approximate surface area is 103 Å². The molecule has 1 heterocycles. The molecule has 2 N–H and O–H groups in total. The maximum Gasteiger partial charge on any atom is 0.0449 e. The van der Waals surface area contributed by atoms with Gasteiger partial charge in [0.2, 0.25) is 0 Å². The number of hydrogen-bond acceptors (Lipinski definition) is 1. The molecule has 0 bridgehead atoms. The molecule has 0 saturated carbocycles. The van der Waals surface area contributed by atoms with Crippen molar-refractivity contribution in [2.75, 3.05) is 6.54 Å². The number of nitrogens with two attached hydrogens (primary N) is 1. The van der Waals surface area contributed by atoms with E-state index in [0.29, 0.717) is 12.5 Å². The SMILES string of the molecule is CC(C)c1ccc(-n2ccc(CCN)c2)cc1. The van der Waals surface area contributed by atoms with Gasteiger partial charge in [-0.05, 0) is 48.2 Å². The van der Waals surface area contributed by atoms with Crippen molar-refractivity contribution in [3.8, 4) is 5.69 Å². The molecule has 1 aromatic heterocycles. The second kappa shape index (κ2) is 5.19. The first-order chi connectivity index (χ1) is 8.20. The van der Waals surface area contributed by atoms with Crippen LogP contribution in [0.3, 0.4) is 0 Å². The molecule has 1 aromatic carbocycles. The van der Waals surface area contributed by atoms with Crippen molar-refractivity contribution in [2.45, 2.75) is 26.2 Å². The number of benzene rings is 1. The summed E-state index contributed by atoms with van der Waals surface area (Å²) in [7, 11) is 0. The number of nitrogens with zero attached hydrogens (tertiary/aromatic N) is 1. The van der Waals surface area contributed by atoms with Gasteiger partial charge in [0.15, 0.2) is 0 Å². The van der Waals surface area contributed by atoms with Gasteiger partial charge in [0.25, 0.3) is 0 Å². The van der Waals surface area contributed by atoms with Crippen molar-refractivity contribution in [1.29, 1.82) is 0 Å². The summed E-state index contributed by atoms with van der Waals surface area (Å²) in [4.78, 5) is 0. The third kappa shape index (κ3) is 2.77. The van der Waals surface area contributed by atoms with E-state index in [1.807, 2.05) is 0 Å². The predicted octanol–water partition coefficient (Wildman–Crippen LogP) is 3.10. The first kappa shape index (κ1) is 11.9. The Kier molecular flexibility index (Phi) is 3.64. The molecule has 0 amide bonds. The number of aromatic nitrogens is 1. The van der Waals surface area contributed by atoms with Gasteiger partial charge in [-0.25, -0.2) is 0 Å². The average Bonchev–Trinajstić information content (AvgIpc) is 2.78. The molecule has 17 heavy (non-hydrogen) atoms. The summed E-state index contributed by atoms with van der Waals surface area (Å²) < 4.78 is 2.15. The number of hydrogen-bond donors (Lipinski definition) is 1. The van der Waals surface area contributed by atoms with Crippen molar-refractivity contribution < 1.29 is 0 Å². The average molecular weight is 228 g/mol. The lowest BCUT2D eigenvalue weighted by atomic mass is 10.0. The van der Waals surface area contributed by atoms with Gasteiger partial charge in [0, 0.05) is 18.1 Å². The van der Waals surface area contributed by atoms with Crippen molar-refractivity contribution in [3.05, 3.63) is 53.9 Å². The lowest BCUT2D eigenvalue weighted by molar-refractivity contribution is 0.865. The first-order valence-electron chi connectivity index (χ1n) is 6.18. The van der Waals surface area contributed by atoms with Crippen molar-refractivity contribution >= 4 is 0 Å². The maximum absolute atomic E-state index is 5.55. The van der Waals surface area contributed by atoms with Crippen LogP contribution < -0.4 is 5.73 Å². The highest BCUT2D eigenvalue weighted by molar-refractivity contribution is 5.37. The summed E-state index contributed by atoms with van der Waals surface area (Å²) >= 11 is 0. The second-order valence-electron chi connectivity index (χ2n) is 4.71. The standard InChI is InChI=1S/C15H20N2/c1-12(2)14-3-5-15(6-4-14)17-10-8-13(11-17)7-9-16/h3-6,8,10-12H,7,9,16H2,1-2H3. The fraction of sp³-hybridized carbons (Fsp3) is 0.333. The van der Waals surface area contributed by atoms with Crippen LogP contribution in [-0.4, -0.2) is 11.1 Å². The van der Waals surface area contributed by atoms with Crippen LogP contribution >= 0.6 is 0 Å². The maximum atomic E-state index is 5.55. The minimum atomic E-state index is 0.585. The van der Waals surface area contributed by atoms with E-state index in [2.05, 4.69) is 61.1 Å². The third-order valence-corrected chi connectivity index (χ3v) is 3.05. The zero-order valence-electron chi connectivity index (χ0n) is 10.6. The van der Waals surface area contributed by atoms with E-state index in [1.54, 1.807) is 0 Å². The highest BCUT2D eigenvalue weighted by Gasteiger charge is 2.01. The number of rotatable bonds is 4. The van der Waals surface area contributed by atoms with E-state index in [0.717, 1.165) is 6.42 Å². The van der Waals surface area contributed by atoms with Crippen LogP contribution in [-0.2, 0) is 6.42 Å². The normalized spacial score (nSPS) is 11.1. The second-order valence-corrected chi connectivity index (χ2v) is 4.71. The Hall–Kier alpha value is -1.54. The molecule has 0 spiro atoms. The Balaban J connectivity index is 2.21. The molecule has 0 aliphatic heterocycles. The summed E-state index contributed by atoms with van der Waals surface area (Å²) in [6.45, 7) is 5.13. The van der Waals surface area contributed by atoms with E-state index >= 15 is 0 Å². The van der Waals surface area contributed by atoms with Gasteiger partial charge in [0.1, 0.15) is 0 Å². The Morgan fingerprint density at radius 2 is 1.82 bits per heavy atom. The Morgan fingerprint density at radius 1 is 1.12 bits per heavy atom. The van der Waals surface area contributed by atoms with E-state index in [1.165, 1.54) is 16.8 Å². The zero-order valence-corrected chi connectivity index (χ0v) is 10.6. The summed E-state index contributed by atoms with van der Waals surface area (Å²) in [5.41, 5.74) is 9.43. The van der Waals surface area contributed by atoms with Gasteiger partial charge in [-0.3, -0.25) is 0 Å². The summed E-state index contributed by atoms with van der Waals surface area (Å²) in [6.07, 6.45) is 5.18. The molecular formula is C15H20N2. The topological polar surface area (TPSA) is 30.9 Å². The monoisotopic (exact) mass is 228 g/mol. The molecule has 0 atom stereocenters. The van der Waals surface area contributed by atoms with Crippen molar-refractivity contribution in [3.63, 3.8) is 0 Å². The predicted molar refractivity (Wildman–Crippen MR) is 72.6 cm³/mol. The molecule has 0 saturated heterocycles. The molecule has 0 radical (unpaired) electrons. The van der Waals surface area contributed by atoms with Gasteiger partial charge >= 0.3 is 0 Å². The van der Waals surface area contributed by atoms with Crippen LogP contribution in [0.5, 0.6) is 0 Å². The quantitative estimate of drug-likeness (QED) is 0.856. The smallest absolute Gasteiger partial charge is 0.0449 e. The fourth-order valence-corrected chi connectivity index (χ4v) is 1.95. The lowest BCUT2D eigenvalue weighted by Crippen LogP contribution is -2.01. The van der Waals surface area contributed by atoms with Gasteiger partial charge in [-0.2, -0.15) is 0 Å². The minimum Gasteiger partial charge on any atom is -0.330 e. The highest BCUT2D eigenvalue weighted by atomic mass is 14.9. The fourth-order valence-electron chi connectivity index (χ4n) is 1.95. The summed E-state index contributed by atoms with van der Waals surface area (Å²) in [5.74, 6) is 0.585. The lowest BCUT2D eigenvalue weighted by Gasteiger charge is -2.07. The largest absolute Gasteiger partial charge is 0.330 e. The van der Waals surface area contributed by atoms with Gasteiger partial charge in [-0.15, -0.1) is 0 Å². The summed E-state index contributed by atoms with van der Waals surface area (Å²) in [5, 5.41) is 0. The molecular weight excluding hydrogens is 208 g/mol. The van der Waals surface area contributed by atoms with Gasteiger partial charge in [0.05, 0.1) is 0 Å². The van der Waals surface area contributed by atoms with Crippen molar-refractivity contribution in [2.24, 2.45) is 5.73 Å². The van der Waals surface area contributed by atoms with Gasteiger partial charge in [-0.1, -0.05) is 26.0 Å². The van der Waals surface area contributed by atoms with Crippen LogP contribution in [0, 0.1) is 0 Å². The van der Waals surface area contributed by atoms with Crippen LogP contribution in [0.25, 0.3) is 5.69 Å². The Morgan fingerprint density at radius 3 is 2.41 bits per heavy atom. The highest BCUT2D eigenvalue weighted by Crippen LogP contribution is 2.17. The van der Waals surface area contributed by atoms with Crippen molar-refractivity contribution in [1.82, 2.24) is 4.57 Å². The van der Waals surface area contributed by atoms with Crippen LogP contribution in [0.15, 0.2) is 42.7 Å². The van der Waals surface area contributed by atoms with E-state index < -0.39 is 0 Å². The molecule has 90 valence electrons. The molecule has 2 rings (SSSR count). The van der Waals surface area contributed by atoms with E-state index in [4.69, 9.17) is 5.73 Å². The zero-order chi connectivity index (χ0) is 12.3. The molecule has 2 nitrogen and oxygen atoms in total. The van der Waals surface area contributed by atoms with Crippen LogP contribution in [0.1, 0.15) is 30.9 Å². The molecule has 0 aliphatic rings. The molecule has 0 unspecified atom stereocenters. The van der Waals surface area contributed by atoms with Crippen LogP contribution in [0.4, 0.5) is 0 Å². The minimum absolute atomic E-state index is 0.585. The summed E-state index contributed by atoms with van der Waals surface area (Å²) in [6, 6.07) is 10.9. The molecule has 2 aromatic rings. The van der Waals surface area contributed by atoms with Gasteiger partial charge < -0.3 is 10.3 Å². The third-order valence-electron chi connectivity index (χ3n) is 3.05. The first-order valence-corrected chi connectivity index (χ1v) is 6.18. The Bertz CT molecular complexity index is 466. The molecule has 2 heteroatoms.